The molecule has 2 aliphatic heterocycles. The van der Waals surface area contributed by atoms with Crippen LogP contribution in [0.3, 0.4) is 0 Å². The molecule has 0 radical (unpaired) electrons. The minimum absolute atomic E-state index is 0.112. The Hall–Kier alpha value is -1.55. The molecule has 2 fully saturated rings. The van der Waals surface area contributed by atoms with Gasteiger partial charge >= 0.3 is 0 Å². The lowest BCUT2D eigenvalue weighted by molar-refractivity contribution is -0.130. The number of amides is 1. The maximum Gasteiger partial charge on any atom is 0.227 e. The zero-order chi connectivity index (χ0) is 16.3. The molecule has 1 amide bonds. The third-order valence-electron chi connectivity index (χ3n) is 4.87. The van der Waals surface area contributed by atoms with Crippen molar-refractivity contribution in [1.82, 2.24) is 4.90 Å². The second-order valence-corrected chi connectivity index (χ2v) is 7.17. The van der Waals surface area contributed by atoms with Crippen LogP contribution in [-0.2, 0) is 16.0 Å². The molecule has 0 aliphatic carbocycles. The zero-order valence-electron chi connectivity index (χ0n) is 14.2. The smallest absolute Gasteiger partial charge is 0.227 e. The van der Waals surface area contributed by atoms with Gasteiger partial charge in [0.1, 0.15) is 5.75 Å². The summed E-state index contributed by atoms with van der Waals surface area (Å²) in [7, 11) is 0. The van der Waals surface area contributed by atoms with E-state index >= 15 is 0 Å². The molecule has 2 saturated heterocycles. The van der Waals surface area contributed by atoms with Crippen LogP contribution >= 0.6 is 0 Å². The predicted molar refractivity (Wildman–Crippen MR) is 89.6 cm³/mol. The molecule has 23 heavy (non-hydrogen) atoms. The highest BCUT2D eigenvalue weighted by atomic mass is 16.5. The van der Waals surface area contributed by atoms with Crippen LogP contribution in [0.1, 0.15) is 38.7 Å². The molecule has 4 nitrogen and oxygen atoms in total. The van der Waals surface area contributed by atoms with Gasteiger partial charge in [0.15, 0.2) is 0 Å². The molecule has 0 saturated carbocycles. The van der Waals surface area contributed by atoms with Gasteiger partial charge in [-0.15, -0.1) is 0 Å². The number of ether oxygens (including phenoxy) is 2. The van der Waals surface area contributed by atoms with Gasteiger partial charge in [0.2, 0.25) is 5.91 Å². The highest BCUT2D eigenvalue weighted by Gasteiger charge is 2.41. The first-order valence-corrected chi connectivity index (χ1v) is 8.68. The van der Waals surface area contributed by atoms with E-state index in [1.807, 2.05) is 43.0 Å². The number of rotatable bonds is 4. The molecular weight excluding hydrogens is 290 g/mol. The Morgan fingerprint density at radius 2 is 2.17 bits per heavy atom. The first-order chi connectivity index (χ1) is 11.1. The standard InChI is InChI=1S/C19H27NO3/c1-15(2)23-17-7-4-3-6-16(17)12-18(21)20-10-9-19(13-20)8-5-11-22-14-19/h3-4,6-7,15H,5,8-14H2,1-2H3. The molecule has 0 aromatic heterocycles. The Balaban J connectivity index is 1.64. The number of carbonyl (C=O) groups excluding carboxylic acids is 1. The van der Waals surface area contributed by atoms with Crippen LogP contribution < -0.4 is 4.74 Å². The second-order valence-electron chi connectivity index (χ2n) is 7.17. The van der Waals surface area contributed by atoms with Crippen LogP contribution in [0, 0.1) is 5.41 Å². The van der Waals surface area contributed by atoms with Gasteiger partial charge in [0, 0.05) is 30.7 Å². The van der Waals surface area contributed by atoms with Crippen molar-refractivity contribution in [3.63, 3.8) is 0 Å². The van der Waals surface area contributed by atoms with E-state index in [2.05, 4.69) is 0 Å². The van der Waals surface area contributed by atoms with Gasteiger partial charge in [0.25, 0.3) is 0 Å². The van der Waals surface area contributed by atoms with Crippen molar-refractivity contribution < 1.29 is 14.3 Å². The molecule has 1 unspecified atom stereocenters. The Labute approximate surface area is 138 Å². The maximum atomic E-state index is 12.7. The fourth-order valence-electron chi connectivity index (χ4n) is 3.67. The van der Waals surface area contributed by atoms with Gasteiger partial charge in [-0.2, -0.15) is 0 Å². The molecule has 1 spiro atoms. The summed E-state index contributed by atoms with van der Waals surface area (Å²) in [4.78, 5) is 14.7. The van der Waals surface area contributed by atoms with Crippen molar-refractivity contribution in [3.8, 4) is 5.75 Å². The molecule has 0 bridgehead atoms. The van der Waals surface area contributed by atoms with Crippen molar-refractivity contribution in [2.75, 3.05) is 26.3 Å². The summed E-state index contributed by atoms with van der Waals surface area (Å²) in [5, 5.41) is 0. The minimum Gasteiger partial charge on any atom is -0.491 e. The molecule has 126 valence electrons. The lowest BCUT2D eigenvalue weighted by Gasteiger charge is -2.33. The van der Waals surface area contributed by atoms with E-state index in [9.17, 15) is 4.79 Å². The van der Waals surface area contributed by atoms with Gasteiger partial charge in [-0.05, 0) is 39.2 Å². The summed E-state index contributed by atoms with van der Waals surface area (Å²) >= 11 is 0. The van der Waals surface area contributed by atoms with Gasteiger partial charge in [0.05, 0.1) is 19.1 Å². The molecule has 2 heterocycles. The van der Waals surface area contributed by atoms with E-state index in [-0.39, 0.29) is 17.4 Å². The number of para-hydroxylation sites is 1. The molecular formula is C19H27NO3. The summed E-state index contributed by atoms with van der Waals surface area (Å²) in [6, 6.07) is 7.86. The minimum atomic E-state index is 0.112. The Bertz CT molecular complexity index is 549. The van der Waals surface area contributed by atoms with E-state index < -0.39 is 0 Å². The molecule has 2 aliphatic rings. The monoisotopic (exact) mass is 317 g/mol. The topological polar surface area (TPSA) is 38.8 Å². The second kappa shape index (κ2) is 6.91. The lowest BCUT2D eigenvalue weighted by atomic mass is 9.82. The number of likely N-dealkylation sites (tertiary alicyclic amines) is 1. The van der Waals surface area contributed by atoms with Crippen LogP contribution in [0.2, 0.25) is 0 Å². The van der Waals surface area contributed by atoms with Crippen molar-refractivity contribution in [2.45, 2.75) is 45.6 Å². The van der Waals surface area contributed by atoms with E-state index in [0.717, 1.165) is 50.5 Å². The van der Waals surface area contributed by atoms with Crippen LogP contribution in [0.4, 0.5) is 0 Å². The average molecular weight is 317 g/mol. The SMILES string of the molecule is CC(C)Oc1ccccc1CC(=O)N1CCC2(CCCOC2)C1. The summed E-state index contributed by atoms with van der Waals surface area (Å²) in [5.41, 5.74) is 1.19. The lowest BCUT2D eigenvalue weighted by Crippen LogP contribution is -2.37. The van der Waals surface area contributed by atoms with Crippen molar-refractivity contribution in [2.24, 2.45) is 5.41 Å². The fourth-order valence-corrected chi connectivity index (χ4v) is 3.67. The Kier molecular flexibility index (Phi) is 4.90. The first-order valence-electron chi connectivity index (χ1n) is 8.68. The molecule has 4 heteroatoms. The number of hydrogen-bond acceptors (Lipinski definition) is 3. The fraction of sp³-hybridized carbons (Fsp3) is 0.632. The highest BCUT2D eigenvalue weighted by molar-refractivity contribution is 5.79. The van der Waals surface area contributed by atoms with Crippen LogP contribution in [-0.4, -0.2) is 43.2 Å². The van der Waals surface area contributed by atoms with E-state index in [0.29, 0.717) is 6.42 Å². The third kappa shape index (κ3) is 3.86. The summed E-state index contributed by atoms with van der Waals surface area (Å²) < 4.78 is 11.5. The number of benzene rings is 1. The number of hydrogen-bond donors (Lipinski definition) is 0. The molecule has 1 aromatic rings. The molecule has 3 rings (SSSR count). The van der Waals surface area contributed by atoms with Crippen molar-refractivity contribution >= 4 is 5.91 Å². The van der Waals surface area contributed by atoms with E-state index in [1.54, 1.807) is 0 Å². The average Bonchev–Trinajstić information content (AvgIpc) is 2.93. The van der Waals surface area contributed by atoms with Crippen LogP contribution in [0.15, 0.2) is 24.3 Å². The van der Waals surface area contributed by atoms with E-state index in [1.165, 1.54) is 6.42 Å². The van der Waals surface area contributed by atoms with E-state index in [4.69, 9.17) is 9.47 Å². The number of carbonyl (C=O) groups is 1. The van der Waals surface area contributed by atoms with Gasteiger partial charge in [-0.1, -0.05) is 18.2 Å². The Morgan fingerprint density at radius 3 is 2.91 bits per heavy atom. The molecule has 1 aromatic carbocycles. The first kappa shape index (κ1) is 16.3. The highest BCUT2D eigenvalue weighted by Crippen LogP contribution is 2.38. The molecule has 1 atom stereocenters. The Morgan fingerprint density at radius 1 is 1.35 bits per heavy atom. The van der Waals surface area contributed by atoms with Crippen LogP contribution in [0.5, 0.6) is 5.75 Å². The van der Waals surface area contributed by atoms with Gasteiger partial charge in [-0.25, -0.2) is 0 Å². The summed E-state index contributed by atoms with van der Waals surface area (Å²) in [5.74, 6) is 1.03. The molecule has 0 N–H and O–H groups in total. The third-order valence-corrected chi connectivity index (χ3v) is 4.87. The normalized spacial score (nSPS) is 24.4. The van der Waals surface area contributed by atoms with Crippen molar-refractivity contribution in [3.05, 3.63) is 29.8 Å². The predicted octanol–water partition coefficient (Wildman–Crippen LogP) is 3.05. The van der Waals surface area contributed by atoms with Gasteiger partial charge in [-0.3, -0.25) is 4.79 Å². The largest absolute Gasteiger partial charge is 0.491 e. The van der Waals surface area contributed by atoms with Crippen molar-refractivity contribution in [1.29, 1.82) is 0 Å². The van der Waals surface area contributed by atoms with Gasteiger partial charge < -0.3 is 14.4 Å². The van der Waals surface area contributed by atoms with Crippen LogP contribution in [0.25, 0.3) is 0 Å². The quantitative estimate of drug-likeness (QED) is 0.857. The number of nitrogens with zero attached hydrogens (tertiary/aromatic N) is 1. The summed E-state index contributed by atoms with van der Waals surface area (Å²) in [6.07, 6.45) is 3.90. The zero-order valence-corrected chi connectivity index (χ0v) is 14.2. The summed E-state index contributed by atoms with van der Waals surface area (Å²) in [6.45, 7) is 7.39. The maximum absolute atomic E-state index is 12.7.